The highest BCUT2D eigenvalue weighted by Crippen LogP contribution is 2.28. The second-order valence-corrected chi connectivity index (χ2v) is 6.56. The average Bonchev–Trinajstić information content (AvgIpc) is 2.49. The molecule has 0 atom stereocenters. The van der Waals surface area contributed by atoms with Crippen LogP contribution in [0.15, 0.2) is 52.3 Å². The largest absolute Gasteiger partial charge is 0.497 e. The van der Waals surface area contributed by atoms with E-state index in [9.17, 15) is 13.2 Å². The molecule has 1 amide bonds. The van der Waals surface area contributed by atoms with Crippen molar-refractivity contribution < 1.29 is 17.9 Å². The first-order chi connectivity index (χ1) is 10.3. The highest BCUT2D eigenvalue weighted by Gasteiger charge is 2.19. The average molecular weight is 320 g/mol. The fourth-order valence-electron chi connectivity index (χ4n) is 1.92. The fourth-order valence-corrected chi connectivity index (χ4v) is 3.25. The van der Waals surface area contributed by atoms with Crippen LogP contribution in [-0.4, -0.2) is 21.4 Å². The van der Waals surface area contributed by atoms with Crippen molar-refractivity contribution in [1.82, 2.24) is 0 Å². The number of nitrogens with one attached hydrogen (secondary N) is 1. The zero-order valence-electron chi connectivity index (χ0n) is 12.2. The van der Waals surface area contributed by atoms with Gasteiger partial charge < -0.3 is 15.8 Å². The van der Waals surface area contributed by atoms with Gasteiger partial charge in [0.25, 0.3) is 0 Å². The van der Waals surface area contributed by atoms with Gasteiger partial charge >= 0.3 is 0 Å². The molecule has 0 bridgehead atoms. The van der Waals surface area contributed by atoms with Gasteiger partial charge in [-0.25, -0.2) is 8.42 Å². The molecule has 0 saturated heterocycles. The Morgan fingerprint density at radius 2 is 1.82 bits per heavy atom. The van der Waals surface area contributed by atoms with E-state index in [1.807, 2.05) is 0 Å². The second-order valence-electron chi connectivity index (χ2n) is 4.61. The van der Waals surface area contributed by atoms with Crippen molar-refractivity contribution >= 4 is 27.1 Å². The molecule has 7 heteroatoms. The molecular formula is C15H16N2O4S. The molecule has 22 heavy (non-hydrogen) atoms. The van der Waals surface area contributed by atoms with Gasteiger partial charge in [-0.2, -0.15) is 0 Å². The summed E-state index contributed by atoms with van der Waals surface area (Å²) in [7, 11) is -2.25. The van der Waals surface area contributed by atoms with Crippen LogP contribution in [0.2, 0.25) is 0 Å². The lowest BCUT2D eigenvalue weighted by Crippen LogP contribution is -2.09. The Bertz CT molecular complexity index is 816. The highest BCUT2D eigenvalue weighted by molar-refractivity contribution is 7.91. The van der Waals surface area contributed by atoms with E-state index in [4.69, 9.17) is 10.5 Å². The number of rotatable bonds is 4. The molecule has 116 valence electrons. The van der Waals surface area contributed by atoms with Gasteiger partial charge in [0.05, 0.1) is 28.3 Å². The summed E-state index contributed by atoms with van der Waals surface area (Å²) in [6.45, 7) is 1.35. The fraction of sp³-hybridized carbons (Fsp3) is 0.133. The normalized spacial score (nSPS) is 11.0. The monoisotopic (exact) mass is 320 g/mol. The van der Waals surface area contributed by atoms with Crippen molar-refractivity contribution in [3.05, 3.63) is 42.5 Å². The van der Waals surface area contributed by atoms with E-state index in [2.05, 4.69) is 5.32 Å². The van der Waals surface area contributed by atoms with Crippen LogP contribution in [-0.2, 0) is 14.6 Å². The third kappa shape index (κ3) is 3.20. The molecule has 2 rings (SSSR count). The minimum absolute atomic E-state index is 0.0485. The van der Waals surface area contributed by atoms with Crippen LogP contribution < -0.4 is 15.8 Å². The smallest absolute Gasteiger partial charge is 0.221 e. The van der Waals surface area contributed by atoms with E-state index >= 15 is 0 Å². The third-order valence-electron chi connectivity index (χ3n) is 3.00. The van der Waals surface area contributed by atoms with Crippen LogP contribution in [0, 0.1) is 0 Å². The molecule has 0 saturated carbocycles. The minimum Gasteiger partial charge on any atom is -0.497 e. The Morgan fingerprint density at radius 1 is 1.14 bits per heavy atom. The maximum absolute atomic E-state index is 12.6. The molecule has 0 aliphatic rings. The van der Waals surface area contributed by atoms with Gasteiger partial charge in [-0.15, -0.1) is 0 Å². The number of amides is 1. The maximum Gasteiger partial charge on any atom is 0.221 e. The van der Waals surface area contributed by atoms with Crippen LogP contribution in [0.5, 0.6) is 5.75 Å². The topological polar surface area (TPSA) is 98.5 Å². The minimum atomic E-state index is -3.71. The molecule has 0 aromatic heterocycles. The van der Waals surface area contributed by atoms with Crippen molar-refractivity contribution in [3.8, 4) is 5.75 Å². The van der Waals surface area contributed by atoms with Crippen molar-refractivity contribution in [2.75, 3.05) is 18.2 Å². The van der Waals surface area contributed by atoms with E-state index in [1.165, 1.54) is 44.4 Å². The Balaban J connectivity index is 2.45. The van der Waals surface area contributed by atoms with E-state index in [0.29, 0.717) is 11.4 Å². The van der Waals surface area contributed by atoms with Gasteiger partial charge in [-0.1, -0.05) is 6.07 Å². The summed E-state index contributed by atoms with van der Waals surface area (Å²) in [6.07, 6.45) is 0. The van der Waals surface area contributed by atoms with Crippen LogP contribution in [0.4, 0.5) is 11.4 Å². The van der Waals surface area contributed by atoms with Crippen LogP contribution >= 0.6 is 0 Å². The summed E-state index contributed by atoms with van der Waals surface area (Å²) >= 11 is 0. The highest BCUT2D eigenvalue weighted by atomic mass is 32.2. The number of benzene rings is 2. The van der Waals surface area contributed by atoms with Crippen LogP contribution in [0.25, 0.3) is 0 Å². The molecule has 2 aromatic rings. The van der Waals surface area contributed by atoms with E-state index in [-0.39, 0.29) is 21.4 Å². The molecule has 0 heterocycles. The second kappa shape index (κ2) is 6.07. The number of sulfone groups is 1. The number of methoxy groups -OCH3 is 1. The lowest BCUT2D eigenvalue weighted by atomic mass is 10.2. The van der Waals surface area contributed by atoms with E-state index in [1.54, 1.807) is 12.1 Å². The molecular weight excluding hydrogens is 304 g/mol. The Morgan fingerprint density at radius 3 is 2.41 bits per heavy atom. The molecule has 0 aliphatic heterocycles. The summed E-state index contributed by atoms with van der Waals surface area (Å²) < 4.78 is 30.2. The van der Waals surface area contributed by atoms with Gasteiger partial charge in [-0.3, -0.25) is 4.79 Å². The standard InChI is InChI=1S/C15H16N2O4S/c1-10(18)17-15-7-6-13(9-14(15)16)22(19,20)12-5-3-4-11(8-12)21-2/h3-9H,16H2,1-2H3,(H,17,18). The first kappa shape index (κ1) is 15.8. The number of carbonyl (C=O) groups excluding carboxylic acids is 1. The number of hydrogen-bond donors (Lipinski definition) is 2. The summed E-state index contributed by atoms with van der Waals surface area (Å²) in [4.78, 5) is 11.2. The Kier molecular flexibility index (Phi) is 4.37. The number of anilines is 2. The molecule has 0 unspecified atom stereocenters. The summed E-state index contributed by atoms with van der Waals surface area (Å²) in [5.74, 6) is 0.166. The van der Waals surface area contributed by atoms with Gasteiger partial charge in [-0.05, 0) is 36.4 Å². The van der Waals surface area contributed by atoms with Gasteiger partial charge in [0.1, 0.15) is 5.75 Å². The zero-order chi connectivity index (χ0) is 16.3. The third-order valence-corrected chi connectivity index (χ3v) is 4.74. The van der Waals surface area contributed by atoms with Crippen molar-refractivity contribution in [1.29, 1.82) is 0 Å². The predicted octanol–water partition coefficient (Wildman–Crippen LogP) is 2.07. The molecule has 0 spiro atoms. The Hall–Kier alpha value is -2.54. The lowest BCUT2D eigenvalue weighted by Gasteiger charge is -2.10. The van der Waals surface area contributed by atoms with Crippen LogP contribution in [0.3, 0.4) is 0 Å². The first-order valence-corrected chi connectivity index (χ1v) is 7.89. The van der Waals surface area contributed by atoms with Gasteiger partial charge in [0.2, 0.25) is 15.7 Å². The molecule has 3 N–H and O–H groups in total. The number of ether oxygens (including phenoxy) is 1. The zero-order valence-corrected chi connectivity index (χ0v) is 13.0. The summed E-state index contributed by atoms with van der Waals surface area (Å²) in [6, 6.07) is 10.4. The maximum atomic E-state index is 12.6. The predicted molar refractivity (Wildman–Crippen MR) is 83.6 cm³/mol. The molecule has 0 radical (unpaired) electrons. The van der Waals surface area contributed by atoms with E-state index < -0.39 is 9.84 Å². The van der Waals surface area contributed by atoms with Crippen molar-refractivity contribution in [3.63, 3.8) is 0 Å². The van der Waals surface area contributed by atoms with Crippen molar-refractivity contribution in [2.45, 2.75) is 16.7 Å². The number of nitrogens with two attached hydrogens (primary N) is 1. The van der Waals surface area contributed by atoms with Crippen LogP contribution in [0.1, 0.15) is 6.92 Å². The molecule has 0 aliphatic carbocycles. The summed E-state index contributed by atoms with van der Waals surface area (Å²) in [5, 5.41) is 2.53. The number of hydrogen-bond acceptors (Lipinski definition) is 5. The molecule has 6 nitrogen and oxygen atoms in total. The number of nitrogen functional groups attached to an aromatic ring is 1. The number of carbonyl (C=O) groups is 1. The Labute approximate surface area is 128 Å². The first-order valence-electron chi connectivity index (χ1n) is 6.41. The van der Waals surface area contributed by atoms with Gasteiger partial charge in [0, 0.05) is 6.92 Å². The summed E-state index contributed by atoms with van der Waals surface area (Å²) in [5.41, 5.74) is 6.35. The quantitative estimate of drug-likeness (QED) is 0.840. The van der Waals surface area contributed by atoms with Crippen molar-refractivity contribution in [2.24, 2.45) is 0 Å². The lowest BCUT2D eigenvalue weighted by molar-refractivity contribution is -0.114. The van der Waals surface area contributed by atoms with E-state index in [0.717, 1.165) is 0 Å². The van der Waals surface area contributed by atoms with Gasteiger partial charge in [0.15, 0.2) is 0 Å². The molecule has 0 fully saturated rings. The molecule has 2 aromatic carbocycles. The SMILES string of the molecule is COc1cccc(S(=O)(=O)c2ccc(NC(C)=O)c(N)c2)c1.